The third-order valence-electron chi connectivity index (χ3n) is 2.77. The highest BCUT2D eigenvalue weighted by Crippen LogP contribution is 2.28. The summed E-state index contributed by atoms with van der Waals surface area (Å²) in [7, 11) is 1.26. The van der Waals surface area contributed by atoms with Gasteiger partial charge >= 0.3 is 17.9 Å². The van der Waals surface area contributed by atoms with Crippen molar-refractivity contribution in [2.45, 2.75) is 13.8 Å². The number of fused-ring (bicyclic) bond motifs is 1. The van der Waals surface area contributed by atoms with E-state index in [1.807, 2.05) is 0 Å². The fourth-order valence-electron chi connectivity index (χ4n) is 2.01. The molecule has 0 saturated heterocycles. The van der Waals surface area contributed by atoms with Crippen LogP contribution in [0.25, 0.3) is 0 Å². The quantitative estimate of drug-likeness (QED) is 0.542. The highest BCUT2D eigenvalue weighted by molar-refractivity contribution is 6.17. The maximum Gasteiger partial charge on any atom is 0.347 e. The number of benzene rings is 1. The molecular formula is C12H10O5. The summed E-state index contributed by atoms with van der Waals surface area (Å²) >= 11 is 0. The van der Waals surface area contributed by atoms with Crippen LogP contribution in [0.1, 0.15) is 42.2 Å². The predicted molar refractivity (Wildman–Crippen MR) is 57.0 cm³/mol. The second-order valence-electron chi connectivity index (χ2n) is 3.78. The Bertz CT molecular complexity index is 557. The van der Waals surface area contributed by atoms with Crippen LogP contribution in [-0.4, -0.2) is 25.0 Å². The first-order valence-corrected chi connectivity index (χ1v) is 4.96. The van der Waals surface area contributed by atoms with Crippen molar-refractivity contribution in [1.29, 1.82) is 0 Å². The Balaban J connectivity index is 2.76. The van der Waals surface area contributed by atoms with E-state index in [9.17, 15) is 14.4 Å². The number of esters is 3. The molecule has 0 fully saturated rings. The van der Waals surface area contributed by atoms with Gasteiger partial charge in [0.15, 0.2) is 0 Å². The molecule has 0 amide bonds. The molecule has 0 aliphatic carbocycles. The van der Waals surface area contributed by atoms with E-state index in [1.54, 1.807) is 13.8 Å². The van der Waals surface area contributed by atoms with Crippen LogP contribution < -0.4 is 0 Å². The topological polar surface area (TPSA) is 69.7 Å². The van der Waals surface area contributed by atoms with Gasteiger partial charge in [0.2, 0.25) is 0 Å². The average Bonchev–Trinajstić information content (AvgIpc) is 2.54. The molecule has 0 bridgehead atoms. The molecule has 1 heterocycles. The molecule has 2 rings (SSSR count). The zero-order valence-corrected chi connectivity index (χ0v) is 9.62. The highest BCUT2D eigenvalue weighted by atomic mass is 16.6. The molecule has 0 unspecified atom stereocenters. The minimum Gasteiger partial charge on any atom is -0.465 e. The maximum absolute atomic E-state index is 11.6. The molecule has 17 heavy (non-hydrogen) atoms. The SMILES string of the molecule is COC(=O)c1c(C)cc2c(c1C)C(=O)OC2=O. The van der Waals surface area contributed by atoms with Gasteiger partial charge < -0.3 is 9.47 Å². The standard InChI is InChI=1S/C12H10O5/c1-5-4-7-9(12(15)17-10(7)13)6(2)8(5)11(14)16-3/h4H,1-3H3. The van der Waals surface area contributed by atoms with Gasteiger partial charge in [-0.05, 0) is 31.0 Å². The first-order valence-electron chi connectivity index (χ1n) is 4.96. The van der Waals surface area contributed by atoms with Gasteiger partial charge in [0.1, 0.15) is 0 Å². The molecule has 5 heteroatoms. The Kier molecular flexibility index (Phi) is 2.46. The fraction of sp³-hybridized carbons (Fsp3) is 0.250. The minimum absolute atomic E-state index is 0.154. The van der Waals surface area contributed by atoms with Crippen molar-refractivity contribution >= 4 is 17.9 Å². The second kappa shape index (κ2) is 3.69. The number of carbonyl (C=O) groups excluding carboxylic acids is 3. The molecular weight excluding hydrogens is 224 g/mol. The normalized spacial score (nSPS) is 13.4. The smallest absolute Gasteiger partial charge is 0.347 e. The van der Waals surface area contributed by atoms with E-state index in [2.05, 4.69) is 9.47 Å². The van der Waals surface area contributed by atoms with Crippen molar-refractivity contribution in [3.63, 3.8) is 0 Å². The van der Waals surface area contributed by atoms with Crippen molar-refractivity contribution in [3.8, 4) is 0 Å². The lowest BCUT2D eigenvalue weighted by Crippen LogP contribution is -2.10. The summed E-state index contributed by atoms with van der Waals surface area (Å²) in [5, 5.41) is 0. The molecule has 5 nitrogen and oxygen atoms in total. The Hall–Kier alpha value is -2.17. The molecule has 0 aromatic heterocycles. The number of carbonyl (C=O) groups is 3. The number of cyclic esters (lactones) is 2. The van der Waals surface area contributed by atoms with E-state index >= 15 is 0 Å². The van der Waals surface area contributed by atoms with E-state index < -0.39 is 17.9 Å². The molecule has 0 spiro atoms. The van der Waals surface area contributed by atoms with E-state index in [0.29, 0.717) is 16.7 Å². The summed E-state index contributed by atoms with van der Waals surface area (Å²) in [5.41, 5.74) is 1.67. The van der Waals surface area contributed by atoms with Crippen molar-refractivity contribution in [2.75, 3.05) is 7.11 Å². The summed E-state index contributed by atoms with van der Waals surface area (Å²) in [4.78, 5) is 34.4. The Morgan fingerprint density at radius 3 is 2.47 bits per heavy atom. The summed E-state index contributed by atoms with van der Waals surface area (Å²) in [6.07, 6.45) is 0. The van der Waals surface area contributed by atoms with Gasteiger partial charge in [-0.15, -0.1) is 0 Å². The molecule has 0 atom stereocenters. The first-order chi connectivity index (χ1) is 7.97. The van der Waals surface area contributed by atoms with Crippen LogP contribution in [0.15, 0.2) is 6.07 Å². The Labute approximate surface area is 97.3 Å². The van der Waals surface area contributed by atoms with Crippen LogP contribution >= 0.6 is 0 Å². The maximum atomic E-state index is 11.6. The molecule has 1 aromatic rings. The lowest BCUT2D eigenvalue weighted by Gasteiger charge is -2.09. The molecule has 0 radical (unpaired) electrons. The lowest BCUT2D eigenvalue weighted by molar-refractivity contribution is 0.0443. The third-order valence-corrected chi connectivity index (χ3v) is 2.77. The average molecular weight is 234 g/mol. The highest BCUT2D eigenvalue weighted by Gasteiger charge is 2.34. The van der Waals surface area contributed by atoms with Crippen molar-refractivity contribution < 1.29 is 23.9 Å². The van der Waals surface area contributed by atoms with Gasteiger partial charge in [-0.25, -0.2) is 14.4 Å². The minimum atomic E-state index is -0.715. The molecule has 0 N–H and O–H groups in total. The fourth-order valence-corrected chi connectivity index (χ4v) is 2.01. The molecule has 88 valence electrons. The van der Waals surface area contributed by atoms with Crippen LogP contribution in [0, 0.1) is 13.8 Å². The number of hydrogen-bond donors (Lipinski definition) is 0. The Morgan fingerprint density at radius 2 is 1.88 bits per heavy atom. The van der Waals surface area contributed by atoms with Gasteiger partial charge in [-0.3, -0.25) is 0 Å². The molecule has 1 aliphatic rings. The summed E-state index contributed by atoms with van der Waals surface area (Å²) in [6.45, 7) is 3.27. The number of rotatable bonds is 1. The number of methoxy groups -OCH3 is 1. The zero-order chi connectivity index (χ0) is 12.7. The van der Waals surface area contributed by atoms with Crippen LogP contribution in [0.5, 0.6) is 0 Å². The van der Waals surface area contributed by atoms with Gasteiger partial charge in [0.25, 0.3) is 0 Å². The number of ether oxygens (including phenoxy) is 2. The lowest BCUT2D eigenvalue weighted by atomic mass is 9.94. The van der Waals surface area contributed by atoms with Gasteiger partial charge in [0.05, 0.1) is 23.8 Å². The van der Waals surface area contributed by atoms with Crippen LogP contribution in [0.2, 0.25) is 0 Å². The van der Waals surface area contributed by atoms with E-state index in [4.69, 9.17) is 0 Å². The van der Waals surface area contributed by atoms with E-state index in [1.165, 1.54) is 13.2 Å². The van der Waals surface area contributed by atoms with Crippen molar-refractivity contribution in [2.24, 2.45) is 0 Å². The van der Waals surface area contributed by atoms with Crippen molar-refractivity contribution in [3.05, 3.63) is 33.9 Å². The summed E-state index contributed by atoms with van der Waals surface area (Å²) < 4.78 is 9.15. The van der Waals surface area contributed by atoms with Crippen LogP contribution in [0.3, 0.4) is 0 Å². The monoisotopic (exact) mass is 234 g/mol. The molecule has 0 saturated carbocycles. The first kappa shape index (κ1) is 11.3. The molecule has 1 aromatic carbocycles. The second-order valence-corrected chi connectivity index (χ2v) is 3.78. The zero-order valence-electron chi connectivity index (χ0n) is 9.62. The largest absolute Gasteiger partial charge is 0.465 e. The van der Waals surface area contributed by atoms with Crippen LogP contribution in [0.4, 0.5) is 0 Å². The van der Waals surface area contributed by atoms with E-state index in [-0.39, 0.29) is 11.1 Å². The number of hydrogen-bond acceptors (Lipinski definition) is 5. The predicted octanol–water partition coefficient (Wildman–Crippen LogP) is 1.40. The third kappa shape index (κ3) is 1.51. The van der Waals surface area contributed by atoms with Crippen LogP contribution in [-0.2, 0) is 9.47 Å². The summed E-state index contributed by atoms with van der Waals surface area (Å²) in [5.74, 6) is -1.92. The van der Waals surface area contributed by atoms with E-state index in [0.717, 1.165) is 0 Å². The summed E-state index contributed by atoms with van der Waals surface area (Å²) in [6, 6.07) is 1.47. The van der Waals surface area contributed by atoms with Gasteiger partial charge in [-0.2, -0.15) is 0 Å². The Morgan fingerprint density at radius 1 is 1.24 bits per heavy atom. The number of aryl methyl sites for hydroxylation is 1. The molecule has 1 aliphatic heterocycles. The van der Waals surface area contributed by atoms with Gasteiger partial charge in [-0.1, -0.05) is 0 Å². The van der Waals surface area contributed by atoms with Gasteiger partial charge in [0, 0.05) is 0 Å². The van der Waals surface area contributed by atoms with Crippen molar-refractivity contribution in [1.82, 2.24) is 0 Å².